The van der Waals surface area contributed by atoms with Crippen molar-refractivity contribution in [1.29, 1.82) is 0 Å². The molecule has 0 aliphatic rings. The summed E-state index contributed by atoms with van der Waals surface area (Å²) < 4.78 is 18.7. The van der Waals surface area contributed by atoms with Gasteiger partial charge in [-0.25, -0.2) is 9.18 Å². The second-order valence-corrected chi connectivity index (χ2v) is 4.92. The predicted molar refractivity (Wildman–Crippen MR) is 67.7 cm³/mol. The summed E-state index contributed by atoms with van der Waals surface area (Å²) >= 11 is 0. The number of aromatic carboxylic acids is 1. The van der Waals surface area contributed by atoms with Crippen LogP contribution in [0.3, 0.4) is 0 Å². The first kappa shape index (κ1) is 15.1. The van der Waals surface area contributed by atoms with Crippen LogP contribution in [0.1, 0.15) is 31.1 Å². The van der Waals surface area contributed by atoms with E-state index < -0.39 is 23.3 Å². The number of ether oxygens (including phenoxy) is 1. The van der Waals surface area contributed by atoms with Gasteiger partial charge in [-0.15, -0.1) is 0 Å². The zero-order valence-electron chi connectivity index (χ0n) is 11.0. The van der Waals surface area contributed by atoms with E-state index in [9.17, 15) is 14.0 Å². The highest BCUT2D eigenvalue weighted by Gasteiger charge is 2.18. The minimum Gasteiger partial charge on any atom is -0.478 e. The van der Waals surface area contributed by atoms with Crippen molar-refractivity contribution in [3.8, 4) is 0 Å². The first-order chi connectivity index (χ1) is 8.70. The van der Waals surface area contributed by atoms with Gasteiger partial charge in [0.05, 0.1) is 16.9 Å². The predicted octanol–water partition coefficient (Wildman–Crippen LogP) is 2.28. The zero-order valence-corrected chi connectivity index (χ0v) is 11.0. The van der Waals surface area contributed by atoms with E-state index in [2.05, 4.69) is 5.32 Å². The van der Waals surface area contributed by atoms with E-state index >= 15 is 0 Å². The molecule has 0 aliphatic heterocycles. The highest BCUT2D eigenvalue weighted by atomic mass is 19.1. The molecule has 0 bridgehead atoms. The van der Waals surface area contributed by atoms with Crippen LogP contribution in [0.2, 0.25) is 0 Å². The van der Waals surface area contributed by atoms with Crippen molar-refractivity contribution < 1.29 is 23.8 Å². The van der Waals surface area contributed by atoms with Crippen molar-refractivity contribution in [2.45, 2.75) is 26.4 Å². The van der Waals surface area contributed by atoms with Crippen LogP contribution in [0.4, 0.5) is 10.1 Å². The Morgan fingerprint density at radius 3 is 2.53 bits per heavy atom. The van der Waals surface area contributed by atoms with Gasteiger partial charge in [-0.2, -0.15) is 0 Å². The molecule has 0 saturated heterocycles. The Balaban J connectivity index is 2.82. The van der Waals surface area contributed by atoms with Crippen LogP contribution >= 0.6 is 0 Å². The Morgan fingerprint density at radius 2 is 2.00 bits per heavy atom. The van der Waals surface area contributed by atoms with Gasteiger partial charge in [0.25, 0.3) is 0 Å². The molecule has 0 spiro atoms. The average molecular weight is 269 g/mol. The smallest absolute Gasteiger partial charge is 0.337 e. The molecule has 1 rings (SSSR count). The van der Waals surface area contributed by atoms with Gasteiger partial charge in [-0.3, -0.25) is 4.79 Å². The quantitative estimate of drug-likeness (QED) is 0.879. The Kier molecular flexibility index (Phi) is 4.61. The van der Waals surface area contributed by atoms with Crippen molar-refractivity contribution in [2.75, 3.05) is 11.9 Å². The maximum atomic E-state index is 13.5. The van der Waals surface area contributed by atoms with Gasteiger partial charge in [-0.05, 0) is 32.9 Å². The van der Waals surface area contributed by atoms with Gasteiger partial charge < -0.3 is 15.2 Å². The summed E-state index contributed by atoms with van der Waals surface area (Å²) in [4.78, 5) is 22.5. The number of halogens is 1. The molecule has 0 fully saturated rings. The first-order valence-corrected chi connectivity index (χ1v) is 5.66. The van der Waals surface area contributed by atoms with Gasteiger partial charge in [0.2, 0.25) is 5.91 Å². The number of para-hydroxylation sites is 1. The van der Waals surface area contributed by atoms with Crippen molar-refractivity contribution in [3.05, 3.63) is 29.6 Å². The molecule has 19 heavy (non-hydrogen) atoms. The second kappa shape index (κ2) is 5.79. The number of carboxylic acid groups (broad SMARTS) is 1. The molecule has 0 heterocycles. The number of hydrogen-bond acceptors (Lipinski definition) is 3. The highest BCUT2D eigenvalue weighted by molar-refractivity contribution is 6.01. The number of amides is 1. The maximum Gasteiger partial charge on any atom is 0.337 e. The van der Waals surface area contributed by atoms with E-state index in [4.69, 9.17) is 9.84 Å². The number of nitrogens with one attached hydrogen (secondary N) is 1. The molecule has 104 valence electrons. The lowest BCUT2D eigenvalue weighted by Crippen LogP contribution is -2.27. The van der Waals surface area contributed by atoms with Crippen molar-refractivity contribution in [3.63, 3.8) is 0 Å². The number of carbonyl (C=O) groups is 2. The topological polar surface area (TPSA) is 75.6 Å². The summed E-state index contributed by atoms with van der Waals surface area (Å²) in [6.07, 6.45) is 0. The number of anilines is 1. The third kappa shape index (κ3) is 4.67. The normalized spacial score (nSPS) is 11.2. The van der Waals surface area contributed by atoms with E-state index in [0.29, 0.717) is 0 Å². The van der Waals surface area contributed by atoms with E-state index in [-0.39, 0.29) is 17.9 Å². The third-order valence-corrected chi connectivity index (χ3v) is 2.14. The summed E-state index contributed by atoms with van der Waals surface area (Å²) in [7, 11) is 0. The van der Waals surface area contributed by atoms with Gasteiger partial charge in [0.1, 0.15) is 12.4 Å². The number of carboxylic acids is 1. The van der Waals surface area contributed by atoms with Crippen LogP contribution in [-0.4, -0.2) is 29.2 Å². The molecule has 0 atom stereocenters. The first-order valence-electron chi connectivity index (χ1n) is 5.66. The van der Waals surface area contributed by atoms with Crippen LogP contribution in [0.5, 0.6) is 0 Å². The molecule has 0 unspecified atom stereocenters. The van der Waals surface area contributed by atoms with Gasteiger partial charge in [0.15, 0.2) is 0 Å². The molecule has 1 aromatic rings. The molecule has 1 aromatic carbocycles. The summed E-state index contributed by atoms with van der Waals surface area (Å²) in [5, 5.41) is 11.1. The van der Waals surface area contributed by atoms with E-state index in [1.807, 2.05) is 0 Å². The molecular formula is C13H16FNO4. The molecule has 0 radical (unpaired) electrons. The maximum absolute atomic E-state index is 13.5. The molecular weight excluding hydrogens is 253 g/mol. The fourth-order valence-corrected chi connectivity index (χ4v) is 1.29. The van der Waals surface area contributed by atoms with Crippen LogP contribution in [-0.2, 0) is 9.53 Å². The van der Waals surface area contributed by atoms with Crippen LogP contribution in [0.15, 0.2) is 18.2 Å². The second-order valence-electron chi connectivity index (χ2n) is 4.92. The zero-order chi connectivity index (χ0) is 14.6. The highest BCUT2D eigenvalue weighted by Crippen LogP contribution is 2.20. The monoisotopic (exact) mass is 269 g/mol. The Bertz CT molecular complexity index is 494. The fraction of sp³-hybridized carbons (Fsp3) is 0.385. The lowest BCUT2D eigenvalue weighted by molar-refractivity contribution is -0.125. The van der Waals surface area contributed by atoms with E-state index in [1.54, 1.807) is 20.8 Å². The molecule has 0 aromatic heterocycles. The summed E-state index contributed by atoms with van der Waals surface area (Å²) in [5.41, 5.74) is -1.16. The Morgan fingerprint density at radius 1 is 1.37 bits per heavy atom. The average Bonchev–Trinajstić information content (AvgIpc) is 2.28. The molecule has 6 heteroatoms. The lowest BCUT2D eigenvalue weighted by Gasteiger charge is -2.19. The minimum atomic E-state index is -1.31. The molecule has 0 aliphatic carbocycles. The van der Waals surface area contributed by atoms with Gasteiger partial charge in [-0.1, -0.05) is 6.07 Å². The minimum absolute atomic E-state index is 0.281. The van der Waals surface area contributed by atoms with E-state index in [0.717, 1.165) is 6.07 Å². The van der Waals surface area contributed by atoms with Crippen LogP contribution in [0.25, 0.3) is 0 Å². The van der Waals surface area contributed by atoms with Crippen molar-refractivity contribution in [2.24, 2.45) is 0 Å². The Labute approximate surface area is 110 Å². The molecule has 0 saturated carbocycles. The fourth-order valence-electron chi connectivity index (χ4n) is 1.29. The van der Waals surface area contributed by atoms with E-state index in [1.165, 1.54) is 12.1 Å². The van der Waals surface area contributed by atoms with Crippen LogP contribution in [0, 0.1) is 5.82 Å². The standard InChI is InChI=1S/C13H16FNO4/c1-13(2,3)19-7-10(16)15-11-8(12(17)18)5-4-6-9(11)14/h4-6H,7H2,1-3H3,(H,15,16)(H,17,18). The number of rotatable bonds is 4. The number of hydrogen-bond donors (Lipinski definition) is 2. The van der Waals surface area contributed by atoms with Crippen molar-refractivity contribution >= 4 is 17.6 Å². The van der Waals surface area contributed by atoms with Crippen LogP contribution < -0.4 is 5.32 Å². The number of carbonyl (C=O) groups excluding carboxylic acids is 1. The summed E-state index contributed by atoms with van der Waals surface area (Å²) in [6.45, 7) is 5.03. The Hall–Kier alpha value is -1.95. The lowest BCUT2D eigenvalue weighted by atomic mass is 10.1. The molecule has 1 amide bonds. The SMILES string of the molecule is CC(C)(C)OCC(=O)Nc1c(F)cccc1C(=O)O. The van der Waals surface area contributed by atoms with Gasteiger partial charge >= 0.3 is 5.97 Å². The molecule has 5 nitrogen and oxygen atoms in total. The third-order valence-electron chi connectivity index (χ3n) is 2.14. The molecule has 2 N–H and O–H groups in total. The largest absolute Gasteiger partial charge is 0.478 e. The van der Waals surface area contributed by atoms with Gasteiger partial charge in [0, 0.05) is 0 Å². The summed E-state index contributed by atoms with van der Waals surface area (Å²) in [5.74, 6) is -2.72. The van der Waals surface area contributed by atoms with Crippen molar-refractivity contribution in [1.82, 2.24) is 0 Å². The number of benzene rings is 1. The summed E-state index contributed by atoms with van der Waals surface area (Å²) in [6, 6.07) is 3.55.